The van der Waals surface area contributed by atoms with Crippen molar-refractivity contribution in [2.24, 2.45) is 0 Å². The normalized spacial score (nSPS) is 12.1. The van der Waals surface area contributed by atoms with Gasteiger partial charge >= 0.3 is 0 Å². The largest absolute Gasteiger partial charge is 0.456 e. The molecule has 0 unspecified atom stereocenters. The van der Waals surface area contributed by atoms with Crippen LogP contribution < -0.4 is 4.74 Å². The monoisotopic (exact) mass is 525 g/mol. The summed E-state index contributed by atoms with van der Waals surface area (Å²) in [6, 6.07) is 48.8. The van der Waals surface area contributed by atoms with E-state index in [1.54, 1.807) is 0 Å². The number of nitrogens with zero attached hydrogens (tertiary/aromatic N) is 1. The smallest absolute Gasteiger partial charge is 0.136 e. The summed E-state index contributed by atoms with van der Waals surface area (Å²) in [4.78, 5) is 0. The summed E-state index contributed by atoms with van der Waals surface area (Å²) in [5, 5.41) is 3.40. The van der Waals surface area contributed by atoms with Crippen molar-refractivity contribution in [1.29, 1.82) is 0 Å². The molecular formula is C38H23NO2. The quantitative estimate of drug-likeness (QED) is 0.224. The lowest BCUT2D eigenvalue weighted by Gasteiger charge is -2.16. The first-order chi connectivity index (χ1) is 20.3. The molecule has 0 saturated heterocycles. The average molecular weight is 526 g/mol. The summed E-state index contributed by atoms with van der Waals surface area (Å²) >= 11 is 0. The van der Waals surface area contributed by atoms with Crippen LogP contribution in [-0.2, 0) is 0 Å². The van der Waals surface area contributed by atoms with Gasteiger partial charge in [0.1, 0.15) is 22.7 Å². The Morgan fingerprint density at radius 1 is 0.463 bits per heavy atom. The molecule has 3 heteroatoms. The molecule has 0 fully saturated rings. The molecule has 1 aliphatic rings. The molecule has 2 aromatic heterocycles. The van der Waals surface area contributed by atoms with Crippen molar-refractivity contribution >= 4 is 32.8 Å². The van der Waals surface area contributed by atoms with E-state index in [0.717, 1.165) is 55.9 Å². The molecule has 3 heterocycles. The molecule has 0 aliphatic carbocycles. The Kier molecular flexibility index (Phi) is 4.61. The standard InChI is InChI=1S/C38H23NO2/c1-2-11-24(12-3-1)26-16-10-17-30-36-28-14-5-8-19-33(28)41-34-20-9-6-15-29(34)38(36)39(37(26)30)25-21-22-35-31(23-25)27-13-4-7-18-32(27)40-35/h1-23H. The van der Waals surface area contributed by atoms with Gasteiger partial charge in [-0.15, -0.1) is 0 Å². The third-order valence-corrected chi connectivity index (χ3v) is 8.21. The zero-order valence-corrected chi connectivity index (χ0v) is 22.0. The second-order valence-electron chi connectivity index (χ2n) is 10.5. The topological polar surface area (TPSA) is 27.3 Å². The van der Waals surface area contributed by atoms with Crippen LogP contribution in [0.4, 0.5) is 0 Å². The van der Waals surface area contributed by atoms with Gasteiger partial charge in [-0.25, -0.2) is 0 Å². The minimum absolute atomic E-state index is 0.846. The number of hydrogen-bond acceptors (Lipinski definition) is 2. The zero-order valence-electron chi connectivity index (χ0n) is 22.0. The predicted molar refractivity (Wildman–Crippen MR) is 167 cm³/mol. The number of aromatic nitrogens is 1. The van der Waals surface area contributed by atoms with Gasteiger partial charge in [0, 0.05) is 44.1 Å². The minimum atomic E-state index is 0.846. The fraction of sp³-hybridized carbons (Fsp3) is 0. The molecule has 0 bridgehead atoms. The summed E-state index contributed by atoms with van der Waals surface area (Å²) in [5.74, 6) is 1.71. The van der Waals surface area contributed by atoms with Crippen molar-refractivity contribution in [1.82, 2.24) is 4.57 Å². The third kappa shape index (κ3) is 3.20. The van der Waals surface area contributed by atoms with Gasteiger partial charge in [-0.05, 0) is 48.0 Å². The Hall–Kier alpha value is -5.54. The molecule has 8 aromatic rings. The second-order valence-corrected chi connectivity index (χ2v) is 10.5. The van der Waals surface area contributed by atoms with Crippen molar-refractivity contribution in [3.8, 4) is 50.7 Å². The van der Waals surface area contributed by atoms with Crippen LogP contribution in [-0.4, -0.2) is 4.57 Å². The first kappa shape index (κ1) is 22.3. The van der Waals surface area contributed by atoms with Crippen LogP contribution in [0.2, 0.25) is 0 Å². The number of fused-ring (bicyclic) bond motifs is 10. The molecule has 0 amide bonds. The van der Waals surface area contributed by atoms with Crippen molar-refractivity contribution in [3.05, 3.63) is 140 Å². The zero-order chi connectivity index (χ0) is 26.9. The molecule has 0 atom stereocenters. The molecule has 1 aliphatic heterocycles. The molecular weight excluding hydrogens is 502 g/mol. The molecule has 0 radical (unpaired) electrons. The van der Waals surface area contributed by atoms with E-state index in [0.29, 0.717) is 0 Å². The molecule has 3 nitrogen and oxygen atoms in total. The number of rotatable bonds is 2. The van der Waals surface area contributed by atoms with Crippen LogP contribution in [0.25, 0.3) is 72.0 Å². The Morgan fingerprint density at radius 3 is 2.00 bits per heavy atom. The summed E-state index contributed by atoms with van der Waals surface area (Å²) in [6.07, 6.45) is 0. The van der Waals surface area contributed by atoms with E-state index in [9.17, 15) is 0 Å². The maximum absolute atomic E-state index is 6.59. The maximum atomic E-state index is 6.59. The Labute approximate surface area is 236 Å². The Balaban J connectivity index is 1.50. The van der Waals surface area contributed by atoms with Gasteiger partial charge in [-0.3, -0.25) is 0 Å². The van der Waals surface area contributed by atoms with Crippen LogP contribution in [0.5, 0.6) is 11.5 Å². The van der Waals surface area contributed by atoms with E-state index >= 15 is 0 Å². The van der Waals surface area contributed by atoms with E-state index in [-0.39, 0.29) is 0 Å². The second kappa shape index (κ2) is 8.48. The van der Waals surface area contributed by atoms with Crippen LogP contribution >= 0.6 is 0 Å². The van der Waals surface area contributed by atoms with E-state index in [2.05, 4.69) is 120 Å². The van der Waals surface area contributed by atoms with Crippen molar-refractivity contribution in [3.63, 3.8) is 0 Å². The predicted octanol–water partition coefficient (Wildman–Crippen LogP) is 10.6. The van der Waals surface area contributed by atoms with E-state index in [4.69, 9.17) is 9.15 Å². The highest BCUT2D eigenvalue weighted by Gasteiger charge is 2.29. The number of ether oxygens (including phenoxy) is 1. The van der Waals surface area contributed by atoms with Gasteiger partial charge in [0.05, 0.1) is 11.2 Å². The van der Waals surface area contributed by atoms with E-state index in [1.807, 2.05) is 24.3 Å². The lowest BCUT2D eigenvalue weighted by Crippen LogP contribution is -1.99. The number of para-hydroxylation sites is 4. The first-order valence-corrected chi connectivity index (χ1v) is 13.9. The van der Waals surface area contributed by atoms with Gasteiger partial charge in [0.15, 0.2) is 0 Å². The summed E-state index contributed by atoms with van der Waals surface area (Å²) < 4.78 is 15.2. The number of hydrogen-bond donors (Lipinski definition) is 0. The minimum Gasteiger partial charge on any atom is -0.456 e. The highest BCUT2D eigenvalue weighted by atomic mass is 16.5. The number of furan rings is 1. The highest BCUT2D eigenvalue weighted by molar-refractivity contribution is 6.13. The van der Waals surface area contributed by atoms with Gasteiger partial charge in [-0.2, -0.15) is 0 Å². The summed E-state index contributed by atoms with van der Waals surface area (Å²) in [5.41, 5.74) is 10.8. The Morgan fingerprint density at radius 2 is 1.12 bits per heavy atom. The third-order valence-electron chi connectivity index (χ3n) is 8.21. The lowest BCUT2D eigenvalue weighted by molar-refractivity contribution is 0.487. The first-order valence-electron chi connectivity index (χ1n) is 13.9. The van der Waals surface area contributed by atoms with Gasteiger partial charge in [-0.1, -0.05) is 97.1 Å². The van der Waals surface area contributed by atoms with Crippen molar-refractivity contribution < 1.29 is 9.15 Å². The van der Waals surface area contributed by atoms with Gasteiger partial charge in [0.2, 0.25) is 0 Å². The maximum Gasteiger partial charge on any atom is 0.136 e. The van der Waals surface area contributed by atoms with E-state index < -0.39 is 0 Å². The number of benzene rings is 6. The molecule has 0 spiro atoms. The molecule has 0 saturated carbocycles. The van der Waals surface area contributed by atoms with Crippen LogP contribution in [0.15, 0.2) is 144 Å². The average Bonchev–Trinajstić information content (AvgIpc) is 3.53. The highest BCUT2D eigenvalue weighted by Crippen LogP contribution is 2.53. The molecule has 9 rings (SSSR count). The Bertz CT molecular complexity index is 2290. The lowest BCUT2D eigenvalue weighted by atomic mass is 9.96. The van der Waals surface area contributed by atoms with Crippen molar-refractivity contribution in [2.45, 2.75) is 0 Å². The fourth-order valence-corrected chi connectivity index (χ4v) is 6.46. The van der Waals surface area contributed by atoms with Crippen LogP contribution in [0.1, 0.15) is 0 Å². The molecule has 0 N–H and O–H groups in total. The van der Waals surface area contributed by atoms with Crippen LogP contribution in [0.3, 0.4) is 0 Å². The van der Waals surface area contributed by atoms with Crippen LogP contribution in [0, 0.1) is 0 Å². The fourth-order valence-electron chi connectivity index (χ4n) is 6.46. The molecule has 192 valence electrons. The summed E-state index contributed by atoms with van der Waals surface area (Å²) in [6.45, 7) is 0. The molecule has 6 aromatic carbocycles. The van der Waals surface area contributed by atoms with E-state index in [1.165, 1.54) is 27.6 Å². The summed E-state index contributed by atoms with van der Waals surface area (Å²) in [7, 11) is 0. The SMILES string of the molecule is c1ccc(-c2cccc3c4c(n(-c5ccc6oc7ccccc7c6c5)c23)-c2ccccc2Oc2ccccc2-4)cc1. The van der Waals surface area contributed by atoms with Crippen molar-refractivity contribution in [2.75, 3.05) is 0 Å². The molecule has 41 heavy (non-hydrogen) atoms. The van der Waals surface area contributed by atoms with Gasteiger partial charge in [0.25, 0.3) is 0 Å². The van der Waals surface area contributed by atoms with Gasteiger partial charge < -0.3 is 13.7 Å².